The first-order chi connectivity index (χ1) is 6.51. The summed E-state index contributed by atoms with van der Waals surface area (Å²) in [5.41, 5.74) is 0. The molecule has 2 saturated heterocycles. The molecule has 0 saturated carbocycles. The molecule has 2 aliphatic heterocycles. The molecule has 0 amide bonds. The van der Waals surface area contributed by atoms with Crippen LogP contribution in [0, 0.1) is 0 Å². The highest BCUT2D eigenvalue weighted by Crippen LogP contribution is 2.23. The summed E-state index contributed by atoms with van der Waals surface area (Å²) in [6.07, 6.45) is -0.612. The Kier molecular flexibility index (Phi) is 1.51. The summed E-state index contributed by atoms with van der Waals surface area (Å²) in [7, 11) is 0. The second-order valence-electron chi connectivity index (χ2n) is 2.54. The van der Waals surface area contributed by atoms with E-state index in [1.807, 2.05) is 0 Å². The van der Waals surface area contributed by atoms with Gasteiger partial charge in [-0.1, -0.05) is 0 Å². The first-order valence-corrected chi connectivity index (χ1v) is 3.53. The Hall–Kier alpha value is -2.06. The zero-order chi connectivity index (χ0) is 10.3. The van der Waals surface area contributed by atoms with E-state index in [0.717, 1.165) is 0 Å². The molecule has 0 radical (unpaired) electrons. The quantitative estimate of drug-likeness (QED) is 0.252. The summed E-state index contributed by atoms with van der Waals surface area (Å²) in [6.45, 7) is -3.33. The van der Waals surface area contributed by atoms with Crippen LogP contribution in [0.4, 0.5) is 0 Å². The lowest BCUT2D eigenvalue weighted by Crippen LogP contribution is -2.52. The lowest BCUT2D eigenvalue weighted by molar-refractivity contribution is -0.162. The van der Waals surface area contributed by atoms with Gasteiger partial charge in [0.2, 0.25) is 0 Å². The first-order valence-electron chi connectivity index (χ1n) is 3.53. The molecule has 2 heterocycles. The van der Waals surface area contributed by atoms with Crippen molar-refractivity contribution in [2.24, 2.45) is 0 Å². The van der Waals surface area contributed by atoms with Crippen molar-refractivity contribution in [3.63, 3.8) is 0 Å². The number of hydrogen-bond acceptors (Lipinski definition) is 8. The van der Waals surface area contributed by atoms with Crippen molar-refractivity contribution >= 4 is 30.8 Å². The van der Waals surface area contributed by atoms with Gasteiger partial charge in [-0.2, -0.15) is 0 Å². The summed E-state index contributed by atoms with van der Waals surface area (Å²) in [4.78, 5) is 42.7. The van der Waals surface area contributed by atoms with Crippen molar-refractivity contribution in [2.45, 2.75) is 6.42 Å². The van der Waals surface area contributed by atoms with Crippen molar-refractivity contribution in [3.8, 4) is 0 Å². The molecule has 0 aliphatic carbocycles. The van der Waals surface area contributed by atoms with Crippen LogP contribution in [0.25, 0.3) is 0 Å². The van der Waals surface area contributed by atoms with Crippen LogP contribution >= 0.6 is 0 Å². The van der Waals surface area contributed by atoms with Crippen LogP contribution in [0.5, 0.6) is 0 Å². The fraction of sp³-hybridized carbons (Fsp3) is 0.200. The number of carbonyl (C=O) groups excluding carboxylic acids is 4. The standard InChI is InChI=1S/C5H2BO8/c7-2-1-3(8)12-6(11-2)13-4(9)5(10)14-6/h1H2/q-1. The number of carbonyl (C=O) groups is 4. The van der Waals surface area contributed by atoms with Crippen LogP contribution in [0.15, 0.2) is 0 Å². The molecular weight excluding hydrogens is 199 g/mol. The third-order valence-corrected chi connectivity index (χ3v) is 1.51. The van der Waals surface area contributed by atoms with Gasteiger partial charge in [0.1, 0.15) is 6.42 Å². The third-order valence-electron chi connectivity index (χ3n) is 1.51. The average Bonchev–Trinajstić information content (AvgIpc) is 2.23. The molecule has 0 N–H and O–H groups in total. The molecule has 0 aromatic heterocycles. The summed E-state index contributed by atoms with van der Waals surface area (Å²) >= 11 is 0. The van der Waals surface area contributed by atoms with Crippen LogP contribution in [0.2, 0.25) is 0 Å². The Morgan fingerprint density at radius 1 is 0.786 bits per heavy atom. The predicted molar refractivity (Wildman–Crippen MR) is 34.7 cm³/mol. The summed E-state index contributed by atoms with van der Waals surface area (Å²) in [5.74, 6) is -4.70. The highest BCUT2D eigenvalue weighted by Gasteiger charge is 2.57. The van der Waals surface area contributed by atoms with Crippen LogP contribution in [0.3, 0.4) is 0 Å². The fourth-order valence-electron chi connectivity index (χ4n) is 1.03. The fourth-order valence-corrected chi connectivity index (χ4v) is 1.03. The van der Waals surface area contributed by atoms with E-state index in [1.54, 1.807) is 0 Å². The maximum absolute atomic E-state index is 10.8. The van der Waals surface area contributed by atoms with E-state index < -0.39 is 37.3 Å². The largest absolute Gasteiger partial charge is 0.785 e. The minimum atomic E-state index is -3.33. The lowest BCUT2D eigenvalue weighted by atomic mass is 10.0. The second-order valence-corrected chi connectivity index (χ2v) is 2.54. The summed E-state index contributed by atoms with van der Waals surface area (Å²) in [5, 5.41) is 0. The maximum atomic E-state index is 10.8. The monoisotopic (exact) mass is 201 g/mol. The predicted octanol–water partition coefficient (Wildman–Crippen LogP) is -1.99. The Labute approximate surface area is 76.1 Å². The van der Waals surface area contributed by atoms with Crippen molar-refractivity contribution in [2.75, 3.05) is 0 Å². The van der Waals surface area contributed by atoms with Gasteiger partial charge in [-0.05, 0) is 0 Å². The highest BCUT2D eigenvalue weighted by molar-refractivity contribution is 6.69. The zero-order valence-electron chi connectivity index (χ0n) is 6.55. The van der Waals surface area contributed by atoms with Gasteiger partial charge in [0.15, 0.2) is 0 Å². The van der Waals surface area contributed by atoms with E-state index in [4.69, 9.17) is 0 Å². The molecule has 2 aliphatic rings. The average molecular weight is 201 g/mol. The molecule has 1 spiro atoms. The van der Waals surface area contributed by atoms with Crippen molar-refractivity contribution < 1.29 is 37.8 Å². The molecule has 9 heteroatoms. The zero-order valence-corrected chi connectivity index (χ0v) is 6.55. The SMILES string of the molecule is O=C1CC(=O)O[B-]2(O1)OC(=O)C(=O)O2. The lowest BCUT2D eigenvalue weighted by Gasteiger charge is -2.34. The minimum absolute atomic E-state index is 0.612. The van der Waals surface area contributed by atoms with Crippen LogP contribution in [-0.4, -0.2) is 30.8 Å². The van der Waals surface area contributed by atoms with E-state index in [9.17, 15) is 19.2 Å². The Balaban J connectivity index is 2.25. The Bertz CT molecular complexity index is 325. The van der Waals surface area contributed by atoms with E-state index >= 15 is 0 Å². The second kappa shape index (κ2) is 2.47. The van der Waals surface area contributed by atoms with Gasteiger partial charge < -0.3 is 18.6 Å². The van der Waals surface area contributed by atoms with Crippen LogP contribution < -0.4 is 0 Å². The molecule has 0 atom stereocenters. The molecule has 2 rings (SSSR count). The topological polar surface area (TPSA) is 105 Å². The number of rotatable bonds is 0. The normalized spacial score (nSPS) is 24.0. The molecular formula is C5H2BO8-. The first kappa shape index (κ1) is 8.54. The Morgan fingerprint density at radius 2 is 1.21 bits per heavy atom. The van der Waals surface area contributed by atoms with Crippen LogP contribution in [0.1, 0.15) is 6.42 Å². The van der Waals surface area contributed by atoms with Crippen molar-refractivity contribution in [1.29, 1.82) is 0 Å². The third kappa shape index (κ3) is 1.18. The van der Waals surface area contributed by atoms with Gasteiger partial charge in [-0.25, -0.2) is 9.59 Å². The van der Waals surface area contributed by atoms with Crippen molar-refractivity contribution in [3.05, 3.63) is 0 Å². The van der Waals surface area contributed by atoms with E-state index in [2.05, 4.69) is 18.6 Å². The van der Waals surface area contributed by atoms with Gasteiger partial charge in [0.25, 0.3) is 11.9 Å². The molecule has 8 nitrogen and oxygen atoms in total. The smallest absolute Gasteiger partial charge is 0.584 e. The summed E-state index contributed by atoms with van der Waals surface area (Å²) < 4.78 is 17.1. The molecule has 0 unspecified atom stereocenters. The summed E-state index contributed by atoms with van der Waals surface area (Å²) in [6, 6.07) is 0. The van der Waals surface area contributed by atoms with E-state index in [1.165, 1.54) is 0 Å². The minimum Gasteiger partial charge on any atom is -0.584 e. The molecule has 14 heavy (non-hydrogen) atoms. The van der Waals surface area contributed by atoms with Gasteiger partial charge >= 0.3 is 18.9 Å². The van der Waals surface area contributed by atoms with Crippen molar-refractivity contribution in [1.82, 2.24) is 0 Å². The van der Waals surface area contributed by atoms with Gasteiger partial charge in [0, 0.05) is 0 Å². The van der Waals surface area contributed by atoms with E-state index in [0.29, 0.717) is 0 Å². The molecule has 0 aromatic rings. The molecule has 0 aromatic carbocycles. The molecule has 0 bridgehead atoms. The van der Waals surface area contributed by atoms with Gasteiger partial charge in [-0.3, -0.25) is 9.59 Å². The van der Waals surface area contributed by atoms with Gasteiger partial charge in [-0.15, -0.1) is 0 Å². The number of hydrogen-bond donors (Lipinski definition) is 0. The van der Waals surface area contributed by atoms with E-state index in [-0.39, 0.29) is 0 Å². The Morgan fingerprint density at radius 3 is 1.64 bits per heavy atom. The van der Waals surface area contributed by atoms with Crippen LogP contribution in [-0.2, 0) is 37.8 Å². The molecule has 2 fully saturated rings. The maximum Gasteiger partial charge on any atom is 0.785 e. The highest BCUT2D eigenvalue weighted by atomic mass is 16.9. The molecule has 74 valence electrons. The van der Waals surface area contributed by atoms with Gasteiger partial charge in [0.05, 0.1) is 0 Å².